The molecular weight excluding hydrogens is 232 g/mol. The maximum atomic E-state index is 3.51. The molecule has 2 fully saturated rings. The van der Waals surface area contributed by atoms with Crippen LogP contribution in [-0.2, 0) is 6.42 Å². The minimum atomic E-state index is 0.714. The topological polar surface area (TPSA) is 15.3 Å². The maximum absolute atomic E-state index is 3.51. The lowest BCUT2D eigenvalue weighted by Crippen LogP contribution is -2.49. The number of piperidine rings is 1. The largest absolute Gasteiger partial charge is 0.317 e. The fraction of sp³-hybridized carbons (Fsp3) is 0.647. The molecule has 19 heavy (non-hydrogen) atoms. The lowest BCUT2D eigenvalue weighted by molar-refractivity contribution is 0.0713. The van der Waals surface area contributed by atoms with Crippen molar-refractivity contribution in [2.24, 2.45) is 0 Å². The molecule has 0 radical (unpaired) electrons. The third-order valence-electron chi connectivity index (χ3n) is 5.66. The molecule has 3 unspecified atom stereocenters. The van der Waals surface area contributed by atoms with Crippen molar-refractivity contribution in [1.82, 2.24) is 10.2 Å². The zero-order chi connectivity index (χ0) is 12.8. The molecule has 2 heteroatoms. The van der Waals surface area contributed by atoms with Crippen LogP contribution in [0.3, 0.4) is 0 Å². The Morgan fingerprint density at radius 3 is 2.53 bits per heavy atom. The SMILES string of the molecule is CNC1CC2CCC(C1)N2C1CCc2ccccc21. The van der Waals surface area contributed by atoms with Crippen LogP contribution in [0.4, 0.5) is 0 Å². The van der Waals surface area contributed by atoms with E-state index in [1.807, 2.05) is 0 Å². The van der Waals surface area contributed by atoms with Crippen LogP contribution in [-0.4, -0.2) is 30.1 Å². The van der Waals surface area contributed by atoms with E-state index in [2.05, 4.69) is 41.5 Å². The monoisotopic (exact) mass is 256 g/mol. The van der Waals surface area contributed by atoms with E-state index in [0.29, 0.717) is 6.04 Å². The number of hydrogen-bond acceptors (Lipinski definition) is 2. The van der Waals surface area contributed by atoms with E-state index < -0.39 is 0 Å². The van der Waals surface area contributed by atoms with Crippen molar-refractivity contribution in [1.29, 1.82) is 0 Å². The Bertz CT molecular complexity index is 456. The van der Waals surface area contributed by atoms with Crippen molar-refractivity contribution in [3.8, 4) is 0 Å². The molecule has 1 aromatic carbocycles. The van der Waals surface area contributed by atoms with E-state index in [0.717, 1.165) is 18.1 Å². The minimum absolute atomic E-state index is 0.714. The Hall–Kier alpha value is -0.860. The highest BCUT2D eigenvalue weighted by molar-refractivity contribution is 5.35. The fourth-order valence-electron chi connectivity index (χ4n) is 4.80. The molecule has 1 aromatic rings. The number of fused-ring (bicyclic) bond motifs is 3. The summed E-state index contributed by atoms with van der Waals surface area (Å²) in [7, 11) is 2.13. The van der Waals surface area contributed by atoms with Gasteiger partial charge in [0.05, 0.1) is 0 Å². The van der Waals surface area contributed by atoms with Crippen molar-refractivity contribution >= 4 is 0 Å². The highest BCUT2D eigenvalue weighted by atomic mass is 15.3. The number of rotatable bonds is 2. The first kappa shape index (κ1) is 11.9. The summed E-state index contributed by atoms with van der Waals surface area (Å²) in [4.78, 5) is 2.89. The van der Waals surface area contributed by atoms with Crippen LogP contribution in [0.5, 0.6) is 0 Å². The first-order valence-electron chi connectivity index (χ1n) is 7.89. The van der Waals surface area contributed by atoms with Gasteiger partial charge in [0.2, 0.25) is 0 Å². The second-order valence-corrected chi connectivity index (χ2v) is 6.54. The lowest BCUT2D eigenvalue weighted by Gasteiger charge is -2.42. The van der Waals surface area contributed by atoms with Gasteiger partial charge in [0.25, 0.3) is 0 Å². The molecule has 2 nitrogen and oxygen atoms in total. The van der Waals surface area contributed by atoms with E-state index in [1.165, 1.54) is 38.5 Å². The van der Waals surface area contributed by atoms with Gasteiger partial charge < -0.3 is 5.32 Å². The molecule has 0 saturated carbocycles. The molecule has 3 aliphatic rings. The van der Waals surface area contributed by atoms with Crippen LogP contribution in [0.25, 0.3) is 0 Å². The van der Waals surface area contributed by atoms with E-state index in [4.69, 9.17) is 0 Å². The van der Waals surface area contributed by atoms with Gasteiger partial charge >= 0.3 is 0 Å². The number of nitrogens with one attached hydrogen (secondary N) is 1. The van der Waals surface area contributed by atoms with E-state index in [-0.39, 0.29) is 0 Å². The predicted molar refractivity (Wildman–Crippen MR) is 78.2 cm³/mol. The summed E-state index contributed by atoms with van der Waals surface area (Å²) in [5.41, 5.74) is 3.23. The Morgan fingerprint density at radius 2 is 1.79 bits per heavy atom. The quantitative estimate of drug-likeness (QED) is 0.875. The molecule has 2 heterocycles. The number of aryl methyl sites for hydroxylation is 1. The fourth-order valence-corrected chi connectivity index (χ4v) is 4.80. The average molecular weight is 256 g/mol. The molecule has 2 bridgehead atoms. The average Bonchev–Trinajstić information content (AvgIpc) is 2.96. The van der Waals surface area contributed by atoms with Crippen LogP contribution in [0.2, 0.25) is 0 Å². The van der Waals surface area contributed by atoms with Crippen LogP contribution >= 0.6 is 0 Å². The lowest BCUT2D eigenvalue weighted by atomic mass is 9.94. The summed E-state index contributed by atoms with van der Waals surface area (Å²) in [6.45, 7) is 0. The molecular formula is C17H24N2. The maximum Gasteiger partial charge on any atom is 0.0359 e. The Labute approximate surface area is 116 Å². The highest BCUT2D eigenvalue weighted by Gasteiger charge is 2.45. The van der Waals surface area contributed by atoms with Crippen molar-refractivity contribution in [3.63, 3.8) is 0 Å². The van der Waals surface area contributed by atoms with Gasteiger partial charge in [-0.2, -0.15) is 0 Å². The van der Waals surface area contributed by atoms with Crippen LogP contribution in [0, 0.1) is 0 Å². The van der Waals surface area contributed by atoms with Crippen LogP contribution in [0.1, 0.15) is 49.3 Å². The summed E-state index contributed by atoms with van der Waals surface area (Å²) < 4.78 is 0. The van der Waals surface area contributed by atoms with Gasteiger partial charge in [0.15, 0.2) is 0 Å². The molecule has 0 aromatic heterocycles. The van der Waals surface area contributed by atoms with Gasteiger partial charge in [-0.3, -0.25) is 4.90 Å². The minimum Gasteiger partial charge on any atom is -0.317 e. The molecule has 0 spiro atoms. The third-order valence-corrected chi connectivity index (χ3v) is 5.66. The summed E-state index contributed by atoms with van der Waals surface area (Å²) in [5, 5.41) is 3.51. The standard InChI is InChI=1S/C17H24N2/c1-18-13-10-14-7-8-15(11-13)19(14)17-9-6-12-4-2-3-5-16(12)17/h2-5,13-15,17-18H,6-11H2,1H3. The summed E-state index contributed by atoms with van der Waals surface area (Å²) in [5.74, 6) is 0. The Morgan fingerprint density at radius 1 is 1.05 bits per heavy atom. The Balaban J connectivity index is 1.62. The number of nitrogens with zero attached hydrogens (tertiary/aromatic N) is 1. The first-order chi connectivity index (χ1) is 9.36. The van der Waals surface area contributed by atoms with Gasteiger partial charge in [-0.15, -0.1) is 0 Å². The van der Waals surface area contributed by atoms with Crippen molar-refractivity contribution in [2.75, 3.05) is 7.05 Å². The summed E-state index contributed by atoms with van der Waals surface area (Å²) >= 11 is 0. The Kier molecular flexibility index (Phi) is 2.89. The molecule has 2 saturated heterocycles. The predicted octanol–water partition coefficient (Wildman–Crippen LogP) is 2.89. The van der Waals surface area contributed by atoms with E-state index in [1.54, 1.807) is 11.1 Å². The third kappa shape index (κ3) is 1.85. The van der Waals surface area contributed by atoms with E-state index >= 15 is 0 Å². The zero-order valence-corrected chi connectivity index (χ0v) is 11.8. The second-order valence-electron chi connectivity index (χ2n) is 6.54. The van der Waals surface area contributed by atoms with Crippen molar-refractivity contribution < 1.29 is 0 Å². The smallest absolute Gasteiger partial charge is 0.0359 e. The molecule has 1 N–H and O–H groups in total. The second kappa shape index (κ2) is 4.60. The van der Waals surface area contributed by atoms with Crippen LogP contribution in [0.15, 0.2) is 24.3 Å². The van der Waals surface area contributed by atoms with Crippen molar-refractivity contribution in [3.05, 3.63) is 35.4 Å². The summed E-state index contributed by atoms with van der Waals surface area (Å²) in [6, 6.07) is 12.2. The van der Waals surface area contributed by atoms with Gasteiger partial charge in [0, 0.05) is 24.2 Å². The van der Waals surface area contributed by atoms with Gasteiger partial charge in [-0.1, -0.05) is 24.3 Å². The number of benzene rings is 1. The molecule has 2 aliphatic heterocycles. The van der Waals surface area contributed by atoms with E-state index in [9.17, 15) is 0 Å². The summed E-state index contributed by atoms with van der Waals surface area (Å²) in [6.07, 6.45) is 8.17. The molecule has 4 rings (SSSR count). The molecule has 3 atom stereocenters. The van der Waals surface area contributed by atoms with Crippen LogP contribution < -0.4 is 5.32 Å². The van der Waals surface area contributed by atoms with Gasteiger partial charge in [0.1, 0.15) is 0 Å². The normalized spacial score (nSPS) is 37.5. The van der Waals surface area contributed by atoms with Gasteiger partial charge in [-0.25, -0.2) is 0 Å². The highest BCUT2D eigenvalue weighted by Crippen LogP contribution is 2.46. The zero-order valence-electron chi connectivity index (χ0n) is 11.8. The van der Waals surface area contributed by atoms with Crippen molar-refractivity contribution in [2.45, 2.75) is 62.7 Å². The first-order valence-corrected chi connectivity index (χ1v) is 7.89. The molecule has 102 valence electrons. The molecule has 1 aliphatic carbocycles. The molecule has 0 amide bonds. The van der Waals surface area contributed by atoms with Gasteiger partial charge in [-0.05, 0) is 56.7 Å². The number of hydrogen-bond donors (Lipinski definition) is 1.